The van der Waals surface area contributed by atoms with Gasteiger partial charge in [0.25, 0.3) is 0 Å². The predicted octanol–water partition coefficient (Wildman–Crippen LogP) is 2.61. The maximum Gasteiger partial charge on any atom is 0.0318 e. The number of rotatable bonds is 1. The average molecular weight is 177 g/mol. The molecule has 1 unspecified atom stereocenters. The van der Waals surface area contributed by atoms with Crippen LogP contribution in [0.25, 0.3) is 0 Å². The van der Waals surface area contributed by atoms with Gasteiger partial charge in [0.2, 0.25) is 0 Å². The lowest BCUT2D eigenvalue weighted by Crippen LogP contribution is -1.56. The Balaban J connectivity index is 2.76. The van der Waals surface area contributed by atoms with Crippen LogP contribution in [0, 0.1) is 0 Å². The summed E-state index contributed by atoms with van der Waals surface area (Å²) in [6.07, 6.45) is 0. The maximum atomic E-state index is 3.37. The van der Waals surface area contributed by atoms with Crippen molar-refractivity contribution in [3.8, 4) is 0 Å². The van der Waals surface area contributed by atoms with Crippen LogP contribution in [0.3, 0.4) is 0 Å². The minimum atomic E-state index is 0.933. The molecule has 1 atom stereocenters. The molecule has 1 aromatic rings. The Hall–Kier alpha value is 0.260. The number of hydrogen-bond donors (Lipinski definition) is 0. The first-order valence-corrected chi connectivity index (χ1v) is 4.31. The monoisotopic (exact) mass is 176 g/mol. The van der Waals surface area contributed by atoms with Crippen molar-refractivity contribution in [1.82, 2.24) is 0 Å². The van der Waals surface area contributed by atoms with Crippen LogP contribution in [0.5, 0.6) is 0 Å². The van der Waals surface area contributed by atoms with E-state index in [1.807, 2.05) is 0 Å². The first-order valence-electron chi connectivity index (χ1n) is 2.11. The summed E-state index contributed by atoms with van der Waals surface area (Å²) < 4.78 is 0. The van der Waals surface area contributed by atoms with Crippen LogP contribution < -0.4 is 0 Å². The third kappa shape index (κ3) is 1.32. The summed E-state index contributed by atoms with van der Waals surface area (Å²) in [7, 11) is 0.933. The van der Waals surface area contributed by atoms with Crippen LogP contribution >= 0.6 is 24.1 Å². The summed E-state index contributed by atoms with van der Waals surface area (Å²) in [5.74, 6) is 2.19. The highest BCUT2D eigenvalue weighted by atomic mass is 79.9. The molecular formula is C5H6BrP. The normalized spacial score (nSPS) is 10.4. The SMILES string of the molecule is BrCc1ccc[pH]1. The number of alkyl halides is 1. The van der Waals surface area contributed by atoms with E-state index in [9.17, 15) is 0 Å². The molecular weight excluding hydrogens is 171 g/mol. The number of halogens is 1. The zero-order valence-corrected chi connectivity index (χ0v) is 6.40. The van der Waals surface area contributed by atoms with Gasteiger partial charge >= 0.3 is 0 Å². The van der Waals surface area contributed by atoms with Gasteiger partial charge in [-0.25, -0.2) is 0 Å². The van der Waals surface area contributed by atoms with Crippen molar-refractivity contribution in [1.29, 1.82) is 0 Å². The Morgan fingerprint density at radius 1 is 1.71 bits per heavy atom. The van der Waals surface area contributed by atoms with Crippen LogP contribution in [-0.2, 0) is 5.33 Å². The molecule has 0 nitrogen and oxygen atoms in total. The topological polar surface area (TPSA) is 0 Å². The lowest BCUT2D eigenvalue weighted by atomic mass is 10.5. The first kappa shape index (κ1) is 5.40. The van der Waals surface area contributed by atoms with Crippen molar-refractivity contribution in [2.24, 2.45) is 0 Å². The van der Waals surface area contributed by atoms with E-state index < -0.39 is 0 Å². The summed E-state index contributed by atoms with van der Waals surface area (Å²) >= 11 is 3.37. The summed E-state index contributed by atoms with van der Waals surface area (Å²) in [6, 6.07) is 4.27. The van der Waals surface area contributed by atoms with E-state index in [0.717, 1.165) is 13.5 Å². The highest BCUT2D eigenvalue weighted by Crippen LogP contribution is 2.16. The van der Waals surface area contributed by atoms with Gasteiger partial charge in [0, 0.05) is 5.33 Å². The average Bonchev–Trinajstić information content (AvgIpc) is 2.14. The van der Waals surface area contributed by atoms with E-state index in [-0.39, 0.29) is 0 Å². The fraction of sp³-hybridized carbons (Fsp3) is 0.200. The van der Waals surface area contributed by atoms with Crippen LogP contribution in [-0.4, -0.2) is 0 Å². The first-order chi connectivity index (χ1) is 3.43. The fourth-order valence-corrected chi connectivity index (χ4v) is 1.80. The van der Waals surface area contributed by atoms with Crippen LogP contribution in [0.2, 0.25) is 0 Å². The van der Waals surface area contributed by atoms with Crippen LogP contribution in [0.15, 0.2) is 17.9 Å². The molecule has 7 heavy (non-hydrogen) atoms. The summed E-state index contributed by atoms with van der Waals surface area (Å²) in [5, 5.41) is 2.54. The molecule has 1 aromatic heterocycles. The van der Waals surface area contributed by atoms with Gasteiger partial charge < -0.3 is 0 Å². The lowest BCUT2D eigenvalue weighted by Gasteiger charge is -1.78. The summed E-state index contributed by atoms with van der Waals surface area (Å²) in [6.45, 7) is 0. The fourth-order valence-electron chi connectivity index (χ4n) is 0.451. The zero-order chi connectivity index (χ0) is 5.11. The molecule has 0 aromatic carbocycles. The Morgan fingerprint density at radius 3 is 2.86 bits per heavy atom. The molecule has 0 spiro atoms. The Labute approximate surface area is 53.2 Å². The van der Waals surface area contributed by atoms with Gasteiger partial charge in [-0.1, -0.05) is 28.1 Å². The van der Waals surface area contributed by atoms with E-state index in [0.29, 0.717) is 0 Å². The van der Waals surface area contributed by atoms with E-state index in [1.165, 1.54) is 5.30 Å². The largest absolute Gasteiger partial charge is 0.136 e. The summed E-state index contributed by atoms with van der Waals surface area (Å²) in [4.78, 5) is 0. The molecule has 2 heteroatoms. The molecule has 0 aliphatic heterocycles. The highest BCUT2D eigenvalue weighted by molar-refractivity contribution is 9.08. The molecule has 0 aliphatic rings. The van der Waals surface area contributed by atoms with Gasteiger partial charge in [0.15, 0.2) is 0 Å². The zero-order valence-electron chi connectivity index (χ0n) is 3.82. The Morgan fingerprint density at radius 2 is 2.57 bits per heavy atom. The van der Waals surface area contributed by atoms with Gasteiger partial charge in [-0.2, -0.15) is 0 Å². The molecule has 0 saturated heterocycles. The maximum absolute atomic E-state index is 3.37. The van der Waals surface area contributed by atoms with Crippen LogP contribution in [0.1, 0.15) is 5.30 Å². The van der Waals surface area contributed by atoms with E-state index in [1.54, 1.807) is 0 Å². The smallest absolute Gasteiger partial charge is 0.0318 e. The standard InChI is InChI=1S/C5H6BrP/c6-4-5-2-1-3-7-5/h1-3,7H,4H2. The predicted molar refractivity (Wildman–Crippen MR) is 38.6 cm³/mol. The Bertz CT molecular complexity index is 123. The molecule has 38 valence electrons. The van der Waals surface area contributed by atoms with Crippen molar-refractivity contribution in [2.75, 3.05) is 0 Å². The van der Waals surface area contributed by atoms with Gasteiger partial charge in [-0.05, 0) is 11.1 Å². The van der Waals surface area contributed by atoms with E-state index in [4.69, 9.17) is 0 Å². The second-order valence-electron chi connectivity index (χ2n) is 1.33. The van der Waals surface area contributed by atoms with Gasteiger partial charge in [-0.15, -0.1) is 8.19 Å². The van der Waals surface area contributed by atoms with E-state index >= 15 is 0 Å². The Kier molecular flexibility index (Phi) is 1.96. The van der Waals surface area contributed by atoms with Crippen molar-refractivity contribution >= 4 is 24.1 Å². The molecule has 0 saturated carbocycles. The van der Waals surface area contributed by atoms with Crippen molar-refractivity contribution in [3.05, 3.63) is 23.2 Å². The highest BCUT2D eigenvalue weighted by Gasteiger charge is 1.82. The van der Waals surface area contributed by atoms with Crippen LogP contribution in [0.4, 0.5) is 0 Å². The minimum absolute atomic E-state index is 0.933. The molecule has 0 radical (unpaired) electrons. The van der Waals surface area contributed by atoms with Crippen molar-refractivity contribution < 1.29 is 0 Å². The second-order valence-corrected chi connectivity index (χ2v) is 3.15. The van der Waals surface area contributed by atoms with E-state index in [2.05, 4.69) is 33.9 Å². The molecule has 0 amide bonds. The molecule has 0 bridgehead atoms. The molecule has 0 fully saturated rings. The quantitative estimate of drug-likeness (QED) is 0.578. The summed E-state index contributed by atoms with van der Waals surface area (Å²) in [5.41, 5.74) is 0. The molecule has 1 heterocycles. The van der Waals surface area contributed by atoms with Crippen molar-refractivity contribution in [2.45, 2.75) is 5.33 Å². The van der Waals surface area contributed by atoms with Crippen molar-refractivity contribution in [3.63, 3.8) is 0 Å². The molecule has 0 aliphatic carbocycles. The lowest BCUT2D eigenvalue weighted by molar-refractivity contribution is 1.59. The number of hydrogen-bond acceptors (Lipinski definition) is 0. The third-order valence-corrected chi connectivity index (χ3v) is 3.00. The minimum Gasteiger partial charge on any atom is -0.136 e. The molecule has 0 N–H and O–H groups in total. The van der Waals surface area contributed by atoms with Gasteiger partial charge in [0.1, 0.15) is 0 Å². The van der Waals surface area contributed by atoms with Gasteiger partial charge in [0.05, 0.1) is 0 Å². The third-order valence-electron chi connectivity index (χ3n) is 0.806. The molecule has 1 rings (SSSR count). The second kappa shape index (κ2) is 2.54. The van der Waals surface area contributed by atoms with Gasteiger partial charge in [-0.3, -0.25) is 0 Å².